The summed E-state index contributed by atoms with van der Waals surface area (Å²) in [5.74, 6) is -0.947. The number of oxazole rings is 1. The third-order valence-corrected chi connectivity index (χ3v) is 4.54. The molecule has 0 aliphatic rings. The number of halogens is 2. The Morgan fingerprint density at radius 2 is 1.93 bits per heavy atom. The minimum atomic E-state index is -0.718. The quantitative estimate of drug-likeness (QED) is 0.614. The van der Waals surface area contributed by atoms with Crippen LogP contribution in [0.15, 0.2) is 53.1 Å². The lowest BCUT2D eigenvalue weighted by Gasteiger charge is -2.17. The zero-order valence-electron chi connectivity index (χ0n) is 15.8. The van der Waals surface area contributed by atoms with Crippen molar-refractivity contribution in [1.29, 1.82) is 0 Å². The van der Waals surface area contributed by atoms with Gasteiger partial charge >= 0.3 is 0 Å². The Hall–Kier alpha value is -3.02. The van der Waals surface area contributed by atoms with Gasteiger partial charge in [-0.25, -0.2) is 13.8 Å². The van der Waals surface area contributed by atoms with Crippen molar-refractivity contribution in [2.24, 2.45) is 0 Å². The van der Waals surface area contributed by atoms with Gasteiger partial charge in [-0.2, -0.15) is 0 Å². The predicted molar refractivity (Wildman–Crippen MR) is 103 cm³/mol. The lowest BCUT2D eigenvalue weighted by Crippen LogP contribution is -2.28. The fourth-order valence-electron chi connectivity index (χ4n) is 2.95. The molecule has 6 heteroatoms. The molecule has 1 heterocycles. The third kappa shape index (κ3) is 4.82. The fourth-order valence-corrected chi connectivity index (χ4v) is 2.95. The van der Waals surface area contributed by atoms with Crippen LogP contribution in [0.4, 0.5) is 8.78 Å². The second kappa shape index (κ2) is 8.78. The van der Waals surface area contributed by atoms with Crippen LogP contribution in [0.3, 0.4) is 0 Å². The van der Waals surface area contributed by atoms with Crippen LogP contribution in [0.1, 0.15) is 42.8 Å². The van der Waals surface area contributed by atoms with Crippen LogP contribution in [0, 0.1) is 18.6 Å². The molecule has 1 aromatic heterocycles. The molecule has 0 bridgehead atoms. The fraction of sp³-hybridized carbons (Fsp3) is 0.273. The summed E-state index contributed by atoms with van der Waals surface area (Å²) in [6.07, 6.45) is 2.65. The molecule has 0 aliphatic heterocycles. The molecule has 1 N–H and O–H groups in total. The Labute approximate surface area is 162 Å². The summed E-state index contributed by atoms with van der Waals surface area (Å²) in [6.45, 7) is 4.04. The van der Waals surface area contributed by atoms with Gasteiger partial charge in [-0.05, 0) is 31.0 Å². The second-order valence-electron chi connectivity index (χ2n) is 6.68. The molecule has 0 saturated carbocycles. The van der Waals surface area contributed by atoms with E-state index >= 15 is 0 Å². The van der Waals surface area contributed by atoms with E-state index in [4.69, 9.17) is 4.42 Å². The minimum absolute atomic E-state index is 0.0541. The number of carbonyl (C=O) groups is 1. The number of hydrogen-bond donors (Lipinski definition) is 1. The van der Waals surface area contributed by atoms with Crippen LogP contribution in [0.5, 0.6) is 0 Å². The van der Waals surface area contributed by atoms with Crippen molar-refractivity contribution in [3.05, 3.63) is 77.3 Å². The monoisotopic (exact) mass is 384 g/mol. The van der Waals surface area contributed by atoms with Gasteiger partial charge in [-0.15, -0.1) is 0 Å². The van der Waals surface area contributed by atoms with Crippen molar-refractivity contribution >= 4 is 5.91 Å². The number of aromatic nitrogens is 1. The normalized spacial score (nSPS) is 12.0. The number of hydrogen-bond acceptors (Lipinski definition) is 3. The molecule has 0 spiro atoms. The molecule has 1 amide bonds. The van der Waals surface area contributed by atoms with Crippen molar-refractivity contribution in [1.82, 2.24) is 10.3 Å². The summed E-state index contributed by atoms with van der Waals surface area (Å²) in [7, 11) is 0. The largest absolute Gasteiger partial charge is 0.441 e. The van der Waals surface area contributed by atoms with Gasteiger partial charge in [-0.1, -0.05) is 36.8 Å². The van der Waals surface area contributed by atoms with Gasteiger partial charge < -0.3 is 9.73 Å². The molecule has 4 nitrogen and oxygen atoms in total. The molecule has 3 rings (SSSR count). The lowest BCUT2D eigenvalue weighted by atomic mass is 10.0. The molecule has 0 fully saturated rings. The van der Waals surface area contributed by atoms with Crippen molar-refractivity contribution in [3.8, 4) is 11.3 Å². The predicted octanol–water partition coefficient (Wildman–Crippen LogP) is 5.13. The third-order valence-electron chi connectivity index (χ3n) is 4.54. The maximum absolute atomic E-state index is 13.8. The van der Waals surface area contributed by atoms with Gasteiger partial charge in [0.05, 0.1) is 17.8 Å². The maximum atomic E-state index is 13.8. The van der Waals surface area contributed by atoms with Crippen LogP contribution in [-0.2, 0) is 11.2 Å². The van der Waals surface area contributed by atoms with Crippen molar-refractivity contribution in [3.63, 3.8) is 0 Å². The molecule has 146 valence electrons. The first-order valence-electron chi connectivity index (χ1n) is 9.22. The molecule has 1 atom stereocenters. The molecule has 0 unspecified atom stereocenters. The van der Waals surface area contributed by atoms with E-state index in [0.29, 0.717) is 12.3 Å². The zero-order chi connectivity index (χ0) is 20.1. The van der Waals surface area contributed by atoms with E-state index in [2.05, 4.69) is 10.3 Å². The van der Waals surface area contributed by atoms with E-state index in [1.165, 1.54) is 17.8 Å². The van der Waals surface area contributed by atoms with Crippen LogP contribution in [0.25, 0.3) is 11.3 Å². The Kier molecular flexibility index (Phi) is 6.19. The standard InChI is InChI=1S/C22H22F2N2O2/c1-3-19(15-6-4-14(2)5-7-15)26-21(27)10-11-22-25-13-20(28-22)17-9-8-16(23)12-18(17)24/h4-9,12-13,19H,3,10-11H2,1-2H3,(H,26,27)/t19-/m0/s1. The first kappa shape index (κ1) is 19.7. The van der Waals surface area contributed by atoms with Gasteiger partial charge in [0.25, 0.3) is 0 Å². The highest BCUT2D eigenvalue weighted by molar-refractivity contribution is 5.76. The van der Waals surface area contributed by atoms with E-state index < -0.39 is 11.6 Å². The summed E-state index contributed by atoms with van der Waals surface area (Å²) in [6, 6.07) is 11.3. The van der Waals surface area contributed by atoms with Gasteiger partial charge in [0.15, 0.2) is 11.7 Å². The minimum Gasteiger partial charge on any atom is -0.441 e. The number of rotatable bonds is 7. The van der Waals surface area contributed by atoms with Gasteiger partial charge in [0, 0.05) is 18.9 Å². The number of nitrogens with one attached hydrogen (secondary N) is 1. The maximum Gasteiger partial charge on any atom is 0.220 e. The molecule has 0 radical (unpaired) electrons. The molecular weight excluding hydrogens is 362 g/mol. The zero-order valence-corrected chi connectivity index (χ0v) is 15.8. The van der Waals surface area contributed by atoms with Crippen LogP contribution in [0.2, 0.25) is 0 Å². The molecule has 0 aliphatic carbocycles. The number of amides is 1. The van der Waals surface area contributed by atoms with Crippen molar-refractivity contribution in [2.45, 2.75) is 39.2 Å². The van der Waals surface area contributed by atoms with E-state index in [1.807, 2.05) is 38.1 Å². The summed E-state index contributed by atoms with van der Waals surface area (Å²) < 4.78 is 32.4. The van der Waals surface area contributed by atoms with Crippen LogP contribution >= 0.6 is 0 Å². The topological polar surface area (TPSA) is 55.1 Å². The smallest absolute Gasteiger partial charge is 0.220 e. The Balaban J connectivity index is 1.58. The van der Waals surface area contributed by atoms with Crippen LogP contribution in [-0.4, -0.2) is 10.9 Å². The average molecular weight is 384 g/mol. The highest BCUT2D eigenvalue weighted by Crippen LogP contribution is 2.24. The average Bonchev–Trinajstić information content (AvgIpc) is 3.14. The molecule has 3 aromatic rings. The van der Waals surface area contributed by atoms with Gasteiger partial charge in [0.2, 0.25) is 5.91 Å². The summed E-state index contributed by atoms with van der Waals surface area (Å²) in [5.41, 5.74) is 2.36. The Morgan fingerprint density at radius 3 is 2.61 bits per heavy atom. The van der Waals surface area contributed by atoms with E-state index in [9.17, 15) is 13.6 Å². The summed E-state index contributed by atoms with van der Waals surface area (Å²) in [5, 5.41) is 3.02. The van der Waals surface area contributed by atoms with Gasteiger partial charge in [-0.3, -0.25) is 4.79 Å². The first-order chi connectivity index (χ1) is 13.5. The van der Waals surface area contributed by atoms with Crippen molar-refractivity contribution in [2.75, 3.05) is 0 Å². The molecule has 0 saturated heterocycles. The lowest BCUT2D eigenvalue weighted by molar-refractivity contribution is -0.121. The second-order valence-corrected chi connectivity index (χ2v) is 6.68. The SMILES string of the molecule is CC[C@H](NC(=O)CCc1ncc(-c2ccc(F)cc2F)o1)c1ccc(C)cc1. The van der Waals surface area contributed by atoms with Gasteiger partial charge in [0.1, 0.15) is 11.6 Å². The van der Waals surface area contributed by atoms with E-state index in [-0.39, 0.29) is 29.7 Å². The Bertz CT molecular complexity index is 951. The number of aryl methyl sites for hydroxylation is 2. The number of nitrogens with zero attached hydrogens (tertiary/aromatic N) is 1. The molecule has 2 aromatic carbocycles. The first-order valence-corrected chi connectivity index (χ1v) is 9.22. The number of carbonyl (C=O) groups excluding carboxylic acids is 1. The molecule has 28 heavy (non-hydrogen) atoms. The van der Waals surface area contributed by atoms with Crippen molar-refractivity contribution < 1.29 is 18.0 Å². The number of benzene rings is 2. The highest BCUT2D eigenvalue weighted by atomic mass is 19.1. The van der Waals surface area contributed by atoms with E-state index in [1.54, 1.807) is 0 Å². The van der Waals surface area contributed by atoms with E-state index in [0.717, 1.165) is 24.1 Å². The summed E-state index contributed by atoms with van der Waals surface area (Å²) in [4.78, 5) is 16.4. The Morgan fingerprint density at radius 1 is 1.18 bits per heavy atom. The highest BCUT2D eigenvalue weighted by Gasteiger charge is 2.15. The van der Waals surface area contributed by atoms with Crippen LogP contribution < -0.4 is 5.32 Å². The summed E-state index contributed by atoms with van der Waals surface area (Å²) >= 11 is 0. The molecular formula is C22H22F2N2O2.